The molecule has 1 aromatic heterocycles. The van der Waals surface area contributed by atoms with Gasteiger partial charge in [-0.05, 0) is 74.6 Å². The van der Waals surface area contributed by atoms with Crippen LogP contribution in [0.1, 0.15) is 25.8 Å². The van der Waals surface area contributed by atoms with Crippen LogP contribution in [0.5, 0.6) is 0 Å². The van der Waals surface area contributed by atoms with Gasteiger partial charge in [0.15, 0.2) is 0 Å². The molecule has 0 saturated carbocycles. The highest BCUT2D eigenvalue weighted by atomic mass is 32.2. The molecule has 0 spiro atoms. The maximum Gasteiger partial charge on any atom is 0.446 e. The van der Waals surface area contributed by atoms with E-state index in [0.717, 1.165) is 31.1 Å². The number of nitrogens with one attached hydrogen (secondary N) is 1. The highest BCUT2D eigenvalue weighted by molar-refractivity contribution is 8.00. The lowest BCUT2D eigenvalue weighted by Gasteiger charge is -2.32. The zero-order valence-electron chi connectivity index (χ0n) is 22.0. The van der Waals surface area contributed by atoms with Gasteiger partial charge in [-0.15, -0.1) is 0 Å². The average Bonchev–Trinajstić information content (AvgIpc) is 3.03. The van der Waals surface area contributed by atoms with Crippen LogP contribution >= 0.6 is 11.8 Å². The van der Waals surface area contributed by atoms with E-state index in [4.69, 9.17) is 0 Å². The number of hydrogen-bond acceptors (Lipinski definition) is 7. The van der Waals surface area contributed by atoms with Gasteiger partial charge in [-0.3, -0.25) is 9.59 Å². The van der Waals surface area contributed by atoms with Crippen molar-refractivity contribution in [1.82, 2.24) is 19.7 Å². The Bertz CT molecular complexity index is 1220. The van der Waals surface area contributed by atoms with Gasteiger partial charge in [0.25, 0.3) is 5.91 Å². The van der Waals surface area contributed by atoms with Crippen molar-refractivity contribution < 1.29 is 27.6 Å². The van der Waals surface area contributed by atoms with Crippen molar-refractivity contribution in [3.05, 3.63) is 48.2 Å². The Balaban J connectivity index is 1.40. The maximum absolute atomic E-state index is 13.3. The number of urea groups is 1. The summed E-state index contributed by atoms with van der Waals surface area (Å²) in [6.07, 6.45) is 1.85. The summed E-state index contributed by atoms with van der Waals surface area (Å²) >= 11 is -0.267. The molecule has 1 aromatic carbocycles. The lowest BCUT2D eigenvalue weighted by atomic mass is 10.0. The summed E-state index contributed by atoms with van der Waals surface area (Å²) in [5, 5.41) is 2.80. The van der Waals surface area contributed by atoms with Crippen molar-refractivity contribution in [1.29, 1.82) is 0 Å². The molecule has 3 heterocycles. The van der Waals surface area contributed by atoms with Crippen molar-refractivity contribution in [2.45, 2.75) is 42.8 Å². The fourth-order valence-corrected chi connectivity index (χ4v) is 5.03. The molecule has 2 aliphatic rings. The third-order valence-electron chi connectivity index (χ3n) is 6.84. The molecule has 0 radical (unpaired) electrons. The molecule has 1 N–H and O–H groups in total. The van der Waals surface area contributed by atoms with Gasteiger partial charge in [0.2, 0.25) is 5.91 Å². The van der Waals surface area contributed by atoms with Crippen LogP contribution in [0.3, 0.4) is 0 Å². The number of carbonyl (C=O) groups is 3. The summed E-state index contributed by atoms with van der Waals surface area (Å²) in [5.41, 5.74) is -4.79. The quantitative estimate of drug-likeness (QED) is 0.383. The Hall–Kier alpha value is -3.16. The number of halogens is 3. The molecule has 4 rings (SSSR count). The molecule has 0 bridgehead atoms. The number of rotatable bonds is 8. The normalized spacial score (nSPS) is 18.6. The Morgan fingerprint density at radius 3 is 2.38 bits per heavy atom. The first-order valence-corrected chi connectivity index (χ1v) is 13.3. The topological polar surface area (TPSA) is 89.1 Å². The number of likely N-dealkylation sites (N-methyl/N-ethyl adjacent to an activating group) is 1. The molecule has 0 unspecified atom stereocenters. The number of aromatic nitrogens is 1. The van der Waals surface area contributed by atoms with Gasteiger partial charge in [0.1, 0.15) is 11.4 Å². The summed E-state index contributed by atoms with van der Waals surface area (Å²) < 4.78 is 38.0. The minimum Gasteiger partial charge on any atom is -0.311 e. The molecule has 2 aromatic rings. The van der Waals surface area contributed by atoms with Gasteiger partial charge in [-0.25, -0.2) is 14.7 Å². The Kier molecular flexibility index (Phi) is 8.52. The van der Waals surface area contributed by atoms with Crippen LogP contribution in [0.15, 0.2) is 47.5 Å². The number of pyridine rings is 1. The number of amides is 4. The number of benzene rings is 1. The number of anilines is 2. The molecule has 13 heteroatoms. The van der Waals surface area contributed by atoms with Crippen molar-refractivity contribution >= 4 is 41.1 Å². The van der Waals surface area contributed by atoms with Crippen LogP contribution in [0, 0.1) is 0 Å². The molecule has 2 fully saturated rings. The van der Waals surface area contributed by atoms with Gasteiger partial charge < -0.3 is 20.0 Å². The van der Waals surface area contributed by atoms with Crippen LogP contribution in [0.4, 0.5) is 29.5 Å². The molecule has 9 nitrogen and oxygen atoms in total. The first-order chi connectivity index (χ1) is 18.3. The largest absolute Gasteiger partial charge is 0.446 e. The Labute approximate surface area is 229 Å². The maximum atomic E-state index is 13.3. The van der Waals surface area contributed by atoms with E-state index in [-0.39, 0.29) is 34.8 Å². The molecule has 2 aliphatic heterocycles. The number of nitrogens with zero attached hydrogens (tertiary/aromatic N) is 5. The second kappa shape index (κ2) is 11.5. The van der Waals surface area contributed by atoms with Gasteiger partial charge in [-0.2, -0.15) is 13.2 Å². The predicted octanol–water partition coefficient (Wildman–Crippen LogP) is 4.02. The van der Waals surface area contributed by atoms with E-state index >= 15 is 0 Å². The van der Waals surface area contributed by atoms with Crippen molar-refractivity contribution in [2.24, 2.45) is 0 Å². The number of carbonyl (C=O) groups excluding carboxylic acids is 3. The second-order valence-corrected chi connectivity index (χ2v) is 11.2. The molecule has 2 saturated heterocycles. The van der Waals surface area contributed by atoms with Gasteiger partial charge >= 0.3 is 11.5 Å². The lowest BCUT2D eigenvalue weighted by Crippen LogP contribution is -2.45. The van der Waals surface area contributed by atoms with E-state index in [1.807, 2.05) is 0 Å². The average molecular weight is 565 g/mol. The standard InChI is InChI=1S/C26H31F3N6O3S/c1-25(2)23(37)35(19-4-6-20(7-5-19)39-26(27,28)29)24(38)34(25)17-18-8-10-30-21(16-18)31-22(36)9-11-33-14-12-32(3)13-15-33/h4-8,10,16H,9,11-15,17H2,1-3H3,(H,30,31,36). The highest BCUT2D eigenvalue weighted by Gasteiger charge is 2.51. The number of thioether (sulfide) groups is 1. The van der Waals surface area contributed by atoms with E-state index in [0.29, 0.717) is 24.3 Å². The summed E-state index contributed by atoms with van der Waals surface area (Å²) in [6.45, 7) is 7.74. The summed E-state index contributed by atoms with van der Waals surface area (Å²) in [5.74, 6) is -0.305. The van der Waals surface area contributed by atoms with E-state index in [2.05, 4.69) is 27.1 Å². The Morgan fingerprint density at radius 2 is 1.74 bits per heavy atom. The van der Waals surface area contributed by atoms with Crippen LogP contribution in [-0.4, -0.2) is 88.3 Å². The predicted molar refractivity (Wildman–Crippen MR) is 142 cm³/mol. The van der Waals surface area contributed by atoms with Crippen LogP contribution in [0.2, 0.25) is 0 Å². The highest BCUT2D eigenvalue weighted by Crippen LogP contribution is 2.39. The van der Waals surface area contributed by atoms with E-state index < -0.39 is 23.0 Å². The first-order valence-electron chi connectivity index (χ1n) is 12.5. The van der Waals surface area contributed by atoms with E-state index in [1.165, 1.54) is 35.4 Å². The monoisotopic (exact) mass is 564 g/mol. The smallest absolute Gasteiger partial charge is 0.311 e. The van der Waals surface area contributed by atoms with Crippen molar-refractivity contribution in [3.63, 3.8) is 0 Å². The third kappa shape index (κ3) is 7.08. The molecular formula is C26H31F3N6O3S. The van der Waals surface area contributed by atoms with E-state index in [9.17, 15) is 27.6 Å². The fourth-order valence-electron chi connectivity index (χ4n) is 4.49. The molecule has 4 amide bonds. The molecule has 0 aliphatic carbocycles. The minimum absolute atomic E-state index is 0.0450. The van der Waals surface area contributed by atoms with Crippen molar-refractivity contribution in [3.8, 4) is 0 Å². The number of alkyl halides is 3. The molecule has 0 atom stereocenters. The van der Waals surface area contributed by atoms with Gasteiger partial charge in [-0.1, -0.05) is 0 Å². The zero-order valence-corrected chi connectivity index (χ0v) is 22.8. The van der Waals surface area contributed by atoms with Gasteiger partial charge in [0, 0.05) is 56.8 Å². The lowest BCUT2D eigenvalue weighted by molar-refractivity contribution is -0.123. The number of imide groups is 1. The molecular weight excluding hydrogens is 533 g/mol. The van der Waals surface area contributed by atoms with Crippen LogP contribution in [0.25, 0.3) is 0 Å². The number of piperazine rings is 1. The van der Waals surface area contributed by atoms with Crippen LogP contribution in [-0.2, 0) is 16.1 Å². The summed E-state index contributed by atoms with van der Waals surface area (Å²) in [4.78, 5) is 50.0. The SMILES string of the molecule is CN1CCN(CCC(=O)Nc2cc(CN3C(=O)N(c4ccc(SC(F)(F)F)cc4)C(=O)C3(C)C)ccn2)CC1. The summed E-state index contributed by atoms with van der Waals surface area (Å²) in [7, 11) is 2.07. The fraction of sp³-hybridized carbons (Fsp3) is 0.462. The number of hydrogen-bond donors (Lipinski definition) is 1. The third-order valence-corrected chi connectivity index (χ3v) is 7.57. The van der Waals surface area contributed by atoms with Crippen molar-refractivity contribution in [2.75, 3.05) is 50.0 Å². The minimum atomic E-state index is -4.44. The Morgan fingerprint density at radius 1 is 1.08 bits per heavy atom. The first kappa shape index (κ1) is 28.8. The molecule has 210 valence electrons. The van der Waals surface area contributed by atoms with E-state index in [1.54, 1.807) is 26.0 Å². The zero-order chi connectivity index (χ0) is 28.4. The molecule has 39 heavy (non-hydrogen) atoms. The van der Waals surface area contributed by atoms with Gasteiger partial charge in [0.05, 0.1) is 5.69 Å². The van der Waals surface area contributed by atoms with Crippen LogP contribution < -0.4 is 10.2 Å². The summed E-state index contributed by atoms with van der Waals surface area (Å²) in [6, 6.07) is 7.87. The second-order valence-electron chi connectivity index (χ2n) is 10.1.